The molecule has 3 aromatic carbocycles. The zero-order chi connectivity index (χ0) is 26.0. The minimum atomic E-state index is -4.37. The van der Waals surface area contributed by atoms with Crippen LogP contribution in [0.2, 0.25) is 5.02 Å². The first-order chi connectivity index (χ1) is 17.2. The minimum Gasteiger partial charge on any atom is -0.462 e. The van der Waals surface area contributed by atoms with Gasteiger partial charge in [0.2, 0.25) is 0 Å². The maximum absolute atomic E-state index is 13.9. The summed E-state index contributed by atoms with van der Waals surface area (Å²) in [6, 6.07) is 16.9. The Morgan fingerprint density at radius 3 is 2.33 bits per heavy atom. The summed E-state index contributed by atoms with van der Waals surface area (Å²) in [6.45, 7) is 5.41. The quantitative estimate of drug-likeness (QED) is 0.268. The first kappa shape index (κ1) is 25.5. The fourth-order valence-electron chi connectivity index (χ4n) is 3.90. The summed E-state index contributed by atoms with van der Waals surface area (Å²) < 4.78 is 39.3. The highest BCUT2D eigenvalue weighted by Gasteiger charge is 2.34. The van der Waals surface area contributed by atoms with Crippen LogP contribution in [0.5, 0.6) is 0 Å². The number of halogens is 1. The maximum Gasteiger partial charge on any atom is 0.342 e. The van der Waals surface area contributed by atoms with E-state index in [2.05, 4.69) is 0 Å². The Balaban J connectivity index is 1.94. The number of hydrogen-bond acceptors (Lipinski definition) is 6. The van der Waals surface area contributed by atoms with E-state index in [-0.39, 0.29) is 33.3 Å². The van der Waals surface area contributed by atoms with Gasteiger partial charge in [0.15, 0.2) is 0 Å². The molecule has 0 N–H and O–H groups in total. The Labute approximate surface area is 214 Å². The Morgan fingerprint density at radius 1 is 1.00 bits per heavy atom. The Hall–Kier alpha value is -3.62. The molecular formula is C27H24ClNO6S. The van der Waals surface area contributed by atoms with Gasteiger partial charge in [-0.05, 0) is 68.3 Å². The van der Waals surface area contributed by atoms with Crippen molar-refractivity contribution in [2.75, 3.05) is 10.9 Å². The molecule has 0 fully saturated rings. The highest BCUT2D eigenvalue weighted by atomic mass is 35.5. The number of nitrogens with zero attached hydrogens (tertiary/aromatic N) is 1. The first-order valence-electron chi connectivity index (χ1n) is 11.3. The van der Waals surface area contributed by atoms with Crippen molar-refractivity contribution in [2.24, 2.45) is 0 Å². The van der Waals surface area contributed by atoms with Crippen molar-refractivity contribution in [1.29, 1.82) is 0 Å². The third kappa shape index (κ3) is 4.62. The van der Waals surface area contributed by atoms with Crippen LogP contribution in [0, 0.1) is 6.92 Å². The van der Waals surface area contributed by atoms with Crippen molar-refractivity contribution < 1.29 is 27.2 Å². The van der Waals surface area contributed by atoms with Gasteiger partial charge >= 0.3 is 5.97 Å². The molecule has 186 valence electrons. The summed E-state index contributed by atoms with van der Waals surface area (Å²) in [6.07, 6.45) is 0.732. The van der Waals surface area contributed by atoms with Gasteiger partial charge in [0.25, 0.3) is 15.9 Å². The van der Waals surface area contributed by atoms with Gasteiger partial charge in [-0.25, -0.2) is 13.2 Å². The minimum absolute atomic E-state index is 0.0157. The first-order valence-corrected chi connectivity index (χ1v) is 13.1. The number of fused-ring (bicyclic) bond motifs is 1. The maximum atomic E-state index is 13.9. The molecule has 0 radical (unpaired) electrons. The summed E-state index contributed by atoms with van der Waals surface area (Å²) in [5.41, 5.74) is 1.52. The van der Waals surface area contributed by atoms with Crippen LogP contribution in [0.25, 0.3) is 11.0 Å². The van der Waals surface area contributed by atoms with E-state index >= 15 is 0 Å². The van der Waals surface area contributed by atoms with Crippen LogP contribution in [0.15, 0.2) is 76.0 Å². The van der Waals surface area contributed by atoms with E-state index in [9.17, 15) is 18.0 Å². The number of ether oxygens (including phenoxy) is 1. The van der Waals surface area contributed by atoms with Crippen molar-refractivity contribution in [3.8, 4) is 0 Å². The predicted octanol–water partition coefficient (Wildman–Crippen LogP) is 6.17. The number of rotatable bonds is 7. The molecule has 0 aliphatic rings. The van der Waals surface area contributed by atoms with Crippen LogP contribution in [0.4, 0.5) is 5.69 Å². The molecule has 0 aliphatic heterocycles. The molecular weight excluding hydrogens is 502 g/mol. The van der Waals surface area contributed by atoms with Gasteiger partial charge in [-0.3, -0.25) is 4.79 Å². The smallest absolute Gasteiger partial charge is 0.342 e. The standard InChI is InChI=1S/C27H24ClNO6S/c1-4-18-10-13-20(14-11-18)36(32,33)29(26(30)21-8-6-7-9-23(21)28)19-12-15-24-22(16-19)25(17(3)35-24)27(31)34-5-2/h6-16H,4-5H2,1-3H3. The molecule has 1 heterocycles. The van der Waals surface area contributed by atoms with E-state index in [1.807, 2.05) is 6.92 Å². The molecule has 0 bridgehead atoms. The summed E-state index contributed by atoms with van der Waals surface area (Å²) in [7, 11) is -4.37. The molecule has 0 atom stereocenters. The summed E-state index contributed by atoms with van der Waals surface area (Å²) in [5.74, 6) is -1.12. The van der Waals surface area contributed by atoms with Crippen LogP contribution in [-0.4, -0.2) is 26.9 Å². The van der Waals surface area contributed by atoms with E-state index in [1.54, 1.807) is 38.1 Å². The van der Waals surface area contributed by atoms with E-state index < -0.39 is 21.9 Å². The van der Waals surface area contributed by atoms with Crippen molar-refractivity contribution in [1.82, 2.24) is 0 Å². The van der Waals surface area contributed by atoms with Gasteiger partial charge in [0.05, 0.1) is 27.8 Å². The van der Waals surface area contributed by atoms with Gasteiger partial charge in [0.1, 0.15) is 16.9 Å². The van der Waals surface area contributed by atoms with E-state index in [1.165, 1.54) is 42.5 Å². The Bertz CT molecular complexity index is 1560. The number of sulfonamides is 1. The Kier molecular flexibility index (Phi) is 7.19. The highest BCUT2D eigenvalue weighted by molar-refractivity contribution is 7.93. The normalized spacial score (nSPS) is 11.4. The number of aryl methyl sites for hydroxylation is 2. The number of hydrogen-bond donors (Lipinski definition) is 0. The molecule has 9 heteroatoms. The molecule has 7 nitrogen and oxygen atoms in total. The van der Waals surface area contributed by atoms with Crippen LogP contribution in [-0.2, 0) is 21.2 Å². The highest BCUT2D eigenvalue weighted by Crippen LogP contribution is 2.34. The molecule has 0 unspecified atom stereocenters. The van der Waals surface area contributed by atoms with Gasteiger partial charge in [-0.2, -0.15) is 4.31 Å². The summed E-state index contributed by atoms with van der Waals surface area (Å²) in [4.78, 5) is 26.3. The number of esters is 1. The number of anilines is 1. The second-order valence-electron chi connectivity index (χ2n) is 7.99. The third-order valence-electron chi connectivity index (χ3n) is 5.72. The summed E-state index contributed by atoms with van der Waals surface area (Å²) in [5, 5.41) is 0.438. The zero-order valence-corrected chi connectivity index (χ0v) is 21.5. The van der Waals surface area contributed by atoms with Crippen LogP contribution in [0.3, 0.4) is 0 Å². The fraction of sp³-hybridized carbons (Fsp3) is 0.185. The lowest BCUT2D eigenvalue weighted by Crippen LogP contribution is -2.37. The molecule has 4 rings (SSSR count). The molecule has 0 saturated carbocycles. The van der Waals surface area contributed by atoms with Crippen molar-refractivity contribution in [3.05, 3.63) is 94.2 Å². The second-order valence-corrected chi connectivity index (χ2v) is 10.2. The van der Waals surface area contributed by atoms with Crippen molar-refractivity contribution in [3.63, 3.8) is 0 Å². The van der Waals surface area contributed by atoms with Gasteiger partial charge < -0.3 is 9.15 Å². The summed E-state index contributed by atoms with van der Waals surface area (Å²) >= 11 is 6.27. The molecule has 1 aromatic heterocycles. The second kappa shape index (κ2) is 10.2. The lowest BCUT2D eigenvalue weighted by molar-refractivity contribution is 0.0526. The molecule has 0 spiro atoms. The molecule has 1 amide bonds. The largest absolute Gasteiger partial charge is 0.462 e. The zero-order valence-electron chi connectivity index (χ0n) is 19.9. The molecule has 36 heavy (non-hydrogen) atoms. The lowest BCUT2D eigenvalue weighted by Gasteiger charge is -2.23. The average molecular weight is 526 g/mol. The Morgan fingerprint density at radius 2 is 1.69 bits per heavy atom. The average Bonchev–Trinajstić information content (AvgIpc) is 3.19. The SMILES string of the molecule is CCOC(=O)c1c(C)oc2ccc(N(C(=O)c3ccccc3Cl)S(=O)(=O)c3ccc(CC)cc3)cc12. The van der Waals surface area contributed by atoms with Gasteiger partial charge in [-0.15, -0.1) is 0 Å². The van der Waals surface area contributed by atoms with Gasteiger partial charge in [0, 0.05) is 5.39 Å². The topological polar surface area (TPSA) is 93.9 Å². The number of furan rings is 1. The number of carbonyl (C=O) groups is 2. The molecule has 4 aromatic rings. The van der Waals surface area contributed by atoms with Crippen LogP contribution < -0.4 is 4.31 Å². The number of amides is 1. The van der Waals surface area contributed by atoms with E-state index in [0.717, 1.165) is 12.0 Å². The fourth-order valence-corrected chi connectivity index (χ4v) is 5.52. The third-order valence-corrected chi connectivity index (χ3v) is 7.78. The molecule has 0 aliphatic carbocycles. The molecule has 0 saturated heterocycles. The van der Waals surface area contributed by atoms with Crippen LogP contribution in [0.1, 0.15) is 45.9 Å². The van der Waals surface area contributed by atoms with Crippen LogP contribution >= 0.6 is 11.6 Å². The van der Waals surface area contributed by atoms with E-state index in [4.69, 9.17) is 20.8 Å². The van der Waals surface area contributed by atoms with Gasteiger partial charge in [-0.1, -0.05) is 42.8 Å². The van der Waals surface area contributed by atoms with E-state index in [0.29, 0.717) is 21.0 Å². The lowest BCUT2D eigenvalue weighted by atomic mass is 10.1. The predicted molar refractivity (Wildman–Crippen MR) is 138 cm³/mol. The number of benzene rings is 3. The number of carbonyl (C=O) groups excluding carboxylic acids is 2. The monoisotopic (exact) mass is 525 g/mol. The van der Waals surface area contributed by atoms with Crippen molar-refractivity contribution >= 4 is 50.2 Å². The van der Waals surface area contributed by atoms with Crippen molar-refractivity contribution in [2.45, 2.75) is 32.1 Å².